The molecular weight excluding hydrogens is 286 g/mol. The number of β-amino-alcohol motifs (C(OH)–C–C–N with tert-alkyl or cyclic N) is 1. The molecule has 0 aliphatic carbocycles. The fraction of sp³-hybridized carbons (Fsp3) is 0.875. The van der Waals surface area contributed by atoms with Gasteiger partial charge in [0.2, 0.25) is 0 Å². The van der Waals surface area contributed by atoms with E-state index >= 15 is 0 Å². The predicted molar refractivity (Wildman–Crippen MR) is 82.5 cm³/mol. The van der Waals surface area contributed by atoms with E-state index in [1.165, 1.54) is 24.2 Å². The Balaban J connectivity index is 2.29. The number of aliphatic hydroxyl groups is 1. The molecule has 0 aromatic carbocycles. The molecule has 128 valence electrons. The highest BCUT2D eigenvalue weighted by Crippen LogP contribution is 2.20. The number of carbonyl (C=O) groups excluding carboxylic acids is 2. The quantitative estimate of drug-likeness (QED) is 0.522. The summed E-state index contributed by atoms with van der Waals surface area (Å²) in [5.74, 6) is -0.476. The van der Waals surface area contributed by atoms with Crippen LogP contribution in [0.4, 0.5) is 4.79 Å². The molecule has 0 spiro atoms. The minimum Gasteiger partial charge on any atom is -0.464 e. The van der Waals surface area contributed by atoms with Crippen molar-refractivity contribution in [3.8, 4) is 0 Å². The fourth-order valence-corrected chi connectivity index (χ4v) is 2.60. The average molecular weight is 315 g/mol. The van der Waals surface area contributed by atoms with Gasteiger partial charge in [-0.3, -0.25) is 4.90 Å². The molecule has 1 aliphatic rings. The van der Waals surface area contributed by atoms with Gasteiger partial charge in [0.05, 0.1) is 25.9 Å². The summed E-state index contributed by atoms with van der Waals surface area (Å²) in [5, 5.41) is 9.67. The molecule has 1 heterocycles. The molecular formula is C16H29NO5. The van der Waals surface area contributed by atoms with E-state index < -0.39 is 24.2 Å². The second-order valence-electron chi connectivity index (χ2n) is 5.69. The van der Waals surface area contributed by atoms with E-state index in [1.54, 1.807) is 6.92 Å². The molecule has 0 aromatic rings. The summed E-state index contributed by atoms with van der Waals surface area (Å²) in [6.07, 6.45) is 5.67. The zero-order chi connectivity index (χ0) is 16.4. The first kappa shape index (κ1) is 18.7. The highest BCUT2D eigenvalue weighted by atomic mass is 16.6. The molecule has 0 saturated carbocycles. The molecule has 1 saturated heterocycles. The number of carbonyl (C=O) groups is 2. The zero-order valence-electron chi connectivity index (χ0n) is 13.8. The monoisotopic (exact) mass is 315 g/mol. The van der Waals surface area contributed by atoms with Crippen LogP contribution in [0.15, 0.2) is 0 Å². The van der Waals surface area contributed by atoms with Gasteiger partial charge in [-0.25, -0.2) is 9.59 Å². The number of amides is 1. The van der Waals surface area contributed by atoms with E-state index in [4.69, 9.17) is 9.47 Å². The van der Waals surface area contributed by atoms with E-state index in [1.807, 2.05) is 0 Å². The van der Waals surface area contributed by atoms with Crippen molar-refractivity contribution in [3.63, 3.8) is 0 Å². The Labute approximate surface area is 132 Å². The van der Waals surface area contributed by atoms with E-state index in [2.05, 4.69) is 6.92 Å². The number of nitrogens with zero attached hydrogens (tertiary/aromatic N) is 1. The van der Waals surface area contributed by atoms with Crippen LogP contribution < -0.4 is 0 Å². The van der Waals surface area contributed by atoms with Crippen molar-refractivity contribution in [3.05, 3.63) is 0 Å². The van der Waals surface area contributed by atoms with Crippen molar-refractivity contribution in [2.45, 2.75) is 70.9 Å². The van der Waals surface area contributed by atoms with Gasteiger partial charge in [-0.15, -0.1) is 0 Å². The molecule has 1 amide bonds. The van der Waals surface area contributed by atoms with Crippen molar-refractivity contribution >= 4 is 12.1 Å². The summed E-state index contributed by atoms with van der Waals surface area (Å²) >= 11 is 0. The maximum Gasteiger partial charge on any atom is 0.410 e. The third kappa shape index (κ3) is 6.22. The lowest BCUT2D eigenvalue weighted by Crippen LogP contribution is -2.42. The van der Waals surface area contributed by atoms with Crippen molar-refractivity contribution in [2.75, 3.05) is 19.8 Å². The number of unbranched alkanes of at least 4 members (excludes halogenated alkanes) is 5. The lowest BCUT2D eigenvalue weighted by Gasteiger charge is -2.22. The van der Waals surface area contributed by atoms with Gasteiger partial charge in [-0.2, -0.15) is 0 Å². The van der Waals surface area contributed by atoms with Crippen molar-refractivity contribution in [1.82, 2.24) is 4.90 Å². The topological polar surface area (TPSA) is 76.1 Å². The Hall–Kier alpha value is -1.30. The molecule has 1 fully saturated rings. The molecule has 6 nitrogen and oxygen atoms in total. The van der Waals surface area contributed by atoms with Gasteiger partial charge < -0.3 is 14.6 Å². The lowest BCUT2D eigenvalue weighted by atomic mass is 10.1. The zero-order valence-corrected chi connectivity index (χ0v) is 13.8. The summed E-state index contributed by atoms with van der Waals surface area (Å²) in [4.78, 5) is 25.1. The van der Waals surface area contributed by atoms with Crippen LogP contribution in [0.3, 0.4) is 0 Å². The van der Waals surface area contributed by atoms with Crippen molar-refractivity contribution < 1.29 is 24.2 Å². The molecule has 0 unspecified atom stereocenters. The summed E-state index contributed by atoms with van der Waals surface area (Å²) in [6.45, 7) is 4.62. The first-order valence-electron chi connectivity index (χ1n) is 8.38. The Morgan fingerprint density at radius 1 is 1.09 bits per heavy atom. The van der Waals surface area contributed by atoms with Crippen LogP contribution in [0.1, 0.15) is 58.8 Å². The normalized spacial score (nSPS) is 21.0. The van der Waals surface area contributed by atoms with Crippen LogP contribution in [0.5, 0.6) is 0 Å². The first-order valence-corrected chi connectivity index (χ1v) is 8.38. The number of hydrogen-bond donors (Lipinski definition) is 1. The molecule has 1 N–H and O–H groups in total. The molecule has 1 aliphatic heterocycles. The number of ether oxygens (including phenoxy) is 2. The van der Waals surface area contributed by atoms with E-state index in [0.717, 1.165) is 19.3 Å². The minimum atomic E-state index is -0.730. The molecule has 0 radical (unpaired) electrons. The van der Waals surface area contributed by atoms with E-state index in [0.29, 0.717) is 6.61 Å². The second-order valence-corrected chi connectivity index (χ2v) is 5.69. The number of likely N-dealkylation sites (tertiary alicyclic amines) is 1. The minimum absolute atomic E-state index is 0.124. The Morgan fingerprint density at radius 2 is 1.77 bits per heavy atom. The molecule has 22 heavy (non-hydrogen) atoms. The number of esters is 1. The van der Waals surface area contributed by atoms with Crippen LogP contribution in [0.2, 0.25) is 0 Å². The van der Waals surface area contributed by atoms with E-state index in [-0.39, 0.29) is 19.6 Å². The van der Waals surface area contributed by atoms with Gasteiger partial charge in [0.25, 0.3) is 0 Å². The van der Waals surface area contributed by atoms with Gasteiger partial charge in [-0.05, 0) is 13.3 Å². The van der Waals surface area contributed by atoms with Crippen LogP contribution in [-0.2, 0) is 14.3 Å². The van der Waals surface area contributed by atoms with Gasteiger partial charge in [0, 0.05) is 6.42 Å². The Morgan fingerprint density at radius 3 is 2.45 bits per heavy atom. The van der Waals surface area contributed by atoms with E-state index in [9.17, 15) is 14.7 Å². The molecule has 1 rings (SSSR count). The van der Waals surface area contributed by atoms with Gasteiger partial charge >= 0.3 is 12.1 Å². The maximum absolute atomic E-state index is 12.0. The third-order valence-electron chi connectivity index (χ3n) is 3.80. The first-order chi connectivity index (χ1) is 10.6. The molecule has 0 aromatic heterocycles. The number of rotatable bonds is 9. The van der Waals surface area contributed by atoms with Crippen LogP contribution in [0, 0.1) is 0 Å². The summed E-state index contributed by atoms with van der Waals surface area (Å²) < 4.78 is 10.1. The SMILES string of the molecule is CCCCCCCCOC(=O)N1C[C@H](O)C[C@H]1C(=O)OCC. The van der Waals surface area contributed by atoms with Gasteiger partial charge in [0.15, 0.2) is 0 Å². The highest BCUT2D eigenvalue weighted by molar-refractivity contribution is 5.82. The fourth-order valence-electron chi connectivity index (χ4n) is 2.60. The summed E-state index contributed by atoms with van der Waals surface area (Å²) in [5.41, 5.74) is 0. The summed E-state index contributed by atoms with van der Waals surface area (Å²) in [6, 6.07) is -0.730. The van der Waals surface area contributed by atoms with Crippen molar-refractivity contribution in [1.29, 1.82) is 0 Å². The lowest BCUT2D eigenvalue weighted by molar-refractivity contribution is -0.148. The average Bonchev–Trinajstić information content (AvgIpc) is 2.88. The largest absolute Gasteiger partial charge is 0.464 e. The van der Waals surface area contributed by atoms with Crippen LogP contribution in [0.25, 0.3) is 0 Å². The van der Waals surface area contributed by atoms with Crippen molar-refractivity contribution in [2.24, 2.45) is 0 Å². The van der Waals surface area contributed by atoms with Crippen LogP contribution >= 0.6 is 0 Å². The molecule has 6 heteroatoms. The smallest absolute Gasteiger partial charge is 0.410 e. The number of hydrogen-bond acceptors (Lipinski definition) is 5. The Bertz CT molecular complexity index is 347. The van der Waals surface area contributed by atoms with Gasteiger partial charge in [0.1, 0.15) is 6.04 Å². The van der Waals surface area contributed by atoms with Crippen LogP contribution in [-0.4, -0.2) is 54.0 Å². The maximum atomic E-state index is 12.0. The Kier molecular flexibility index (Phi) is 8.89. The number of aliphatic hydroxyl groups excluding tert-OH is 1. The third-order valence-corrected chi connectivity index (χ3v) is 3.80. The molecule has 0 bridgehead atoms. The molecule has 2 atom stereocenters. The second kappa shape index (κ2) is 10.4. The summed E-state index contributed by atoms with van der Waals surface area (Å²) in [7, 11) is 0. The standard InChI is InChI=1S/C16H29NO5/c1-3-5-6-7-8-9-10-22-16(20)17-12-13(18)11-14(17)15(19)21-4-2/h13-14,18H,3-12H2,1-2H3/t13-,14+/m1/s1. The highest BCUT2D eigenvalue weighted by Gasteiger charge is 2.40. The predicted octanol–water partition coefficient (Wildman–Crippen LogP) is 2.48. The van der Waals surface area contributed by atoms with Gasteiger partial charge in [-0.1, -0.05) is 39.0 Å².